The Morgan fingerprint density at radius 1 is 0.971 bits per heavy atom. The number of carbonyl (C=O) groups excluding carboxylic acids is 1. The fourth-order valence-corrected chi connectivity index (χ4v) is 5.19. The number of carbonyl (C=O) groups is 1. The number of sulfonamides is 1. The van der Waals surface area contributed by atoms with Crippen LogP contribution in [0.25, 0.3) is 0 Å². The third kappa shape index (κ3) is 6.68. The van der Waals surface area contributed by atoms with Crippen molar-refractivity contribution in [2.45, 2.75) is 24.7 Å². The van der Waals surface area contributed by atoms with Crippen molar-refractivity contribution >= 4 is 33.2 Å². The second kappa shape index (κ2) is 12.0. The van der Waals surface area contributed by atoms with Crippen LogP contribution in [0.15, 0.2) is 71.6 Å². The van der Waals surface area contributed by atoms with E-state index in [9.17, 15) is 13.2 Å². The summed E-state index contributed by atoms with van der Waals surface area (Å²) in [4.78, 5) is 12.8. The number of amides is 1. The van der Waals surface area contributed by atoms with E-state index in [1.54, 1.807) is 24.3 Å². The largest absolute Gasteiger partial charge is 0.493 e. The fraction of sp³-hybridized carbons (Fsp3) is 0.269. The summed E-state index contributed by atoms with van der Waals surface area (Å²) in [6, 6.07) is 18.8. The highest BCUT2D eigenvalue weighted by molar-refractivity contribution is 7.92. The average Bonchev–Trinajstić information content (AvgIpc) is 2.86. The first-order valence-corrected chi connectivity index (χ1v) is 12.9. The topological polar surface area (TPSA) is 84.9 Å². The number of nitrogens with zero attached hydrogens (tertiary/aromatic N) is 1. The van der Waals surface area contributed by atoms with Crippen molar-refractivity contribution in [1.82, 2.24) is 5.32 Å². The lowest BCUT2D eigenvalue weighted by atomic mass is 10.1. The van der Waals surface area contributed by atoms with Gasteiger partial charge in [0, 0.05) is 17.6 Å². The fourth-order valence-electron chi connectivity index (χ4n) is 3.52. The molecule has 7 nitrogen and oxygen atoms in total. The first-order valence-electron chi connectivity index (χ1n) is 11.1. The van der Waals surface area contributed by atoms with Crippen molar-refractivity contribution in [2.24, 2.45) is 0 Å². The van der Waals surface area contributed by atoms with Crippen LogP contribution in [0.4, 0.5) is 5.69 Å². The van der Waals surface area contributed by atoms with E-state index in [1.807, 2.05) is 31.2 Å². The van der Waals surface area contributed by atoms with Gasteiger partial charge in [-0.3, -0.25) is 9.10 Å². The van der Waals surface area contributed by atoms with Crippen molar-refractivity contribution in [2.75, 3.05) is 31.6 Å². The molecule has 0 heterocycles. The Hall–Kier alpha value is -3.23. The van der Waals surface area contributed by atoms with Crippen LogP contribution in [0.1, 0.15) is 17.5 Å². The van der Waals surface area contributed by atoms with Gasteiger partial charge in [0.15, 0.2) is 11.5 Å². The van der Waals surface area contributed by atoms with Crippen LogP contribution in [0.3, 0.4) is 0 Å². The standard InChI is InChI=1S/C26H29ClN2O5S/c1-19-10-12-21(13-11-19)29(35(31,32)22-14-15-24(33-2)25(17-22)34-3)18-26(30)28-16-6-8-20-7-4-5-9-23(20)27/h4-5,7,9-15,17H,6,8,16,18H2,1-3H3,(H,28,30). The second-order valence-electron chi connectivity index (χ2n) is 7.91. The smallest absolute Gasteiger partial charge is 0.264 e. The van der Waals surface area contributed by atoms with Gasteiger partial charge >= 0.3 is 0 Å². The van der Waals surface area contributed by atoms with E-state index in [1.165, 1.54) is 32.4 Å². The molecule has 186 valence electrons. The molecule has 0 saturated carbocycles. The van der Waals surface area contributed by atoms with E-state index in [0.29, 0.717) is 35.8 Å². The number of benzene rings is 3. The lowest BCUT2D eigenvalue weighted by Gasteiger charge is -2.24. The number of halogens is 1. The number of hydrogen-bond acceptors (Lipinski definition) is 5. The molecule has 1 N–H and O–H groups in total. The molecule has 35 heavy (non-hydrogen) atoms. The molecule has 0 bridgehead atoms. The van der Waals surface area contributed by atoms with Crippen molar-refractivity contribution in [1.29, 1.82) is 0 Å². The summed E-state index contributed by atoms with van der Waals surface area (Å²) in [5.41, 5.74) is 2.36. The van der Waals surface area contributed by atoms with E-state index in [4.69, 9.17) is 21.1 Å². The number of aryl methyl sites for hydroxylation is 2. The highest BCUT2D eigenvalue weighted by atomic mass is 35.5. The Balaban J connectivity index is 1.78. The number of methoxy groups -OCH3 is 2. The number of ether oxygens (including phenoxy) is 2. The molecule has 0 spiro atoms. The molecule has 0 aliphatic heterocycles. The molecular formula is C26H29ClN2O5S. The van der Waals surface area contributed by atoms with Crippen LogP contribution in [0.2, 0.25) is 5.02 Å². The molecule has 9 heteroatoms. The van der Waals surface area contributed by atoms with Gasteiger partial charge in [0.05, 0.1) is 24.8 Å². The van der Waals surface area contributed by atoms with Gasteiger partial charge in [-0.1, -0.05) is 47.5 Å². The lowest BCUT2D eigenvalue weighted by Crippen LogP contribution is -2.41. The Labute approximate surface area is 211 Å². The van der Waals surface area contributed by atoms with Gasteiger partial charge in [-0.2, -0.15) is 0 Å². The third-order valence-corrected chi connectivity index (χ3v) is 7.59. The van der Waals surface area contributed by atoms with Crippen LogP contribution >= 0.6 is 11.6 Å². The van der Waals surface area contributed by atoms with Gasteiger partial charge in [0.2, 0.25) is 5.91 Å². The maximum absolute atomic E-state index is 13.6. The molecular weight excluding hydrogens is 488 g/mol. The molecule has 0 unspecified atom stereocenters. The predicted octanol–water partition coefficient (Wildman–Crippen LogP) is 4.61. The Kier molecular flexibility index (Phi) is 9.01. The quantitative estimate of drug-likeness (QED) is 0.376. The van der Waals surface area contributed by atoms with Gasteiger partial charge in [-0.25, -0.2) is 8.42 Å². The molecule has 0 atom stereocenters. The zero-order valence-corrected chi connectivity index (χ0v) is 21.5. The van der Waals surface area contributed by atoms with Gasteiger partial charge in [0.1, 0.15) is 6.54 Å². The molecule has 3 rings (SSSR count). The van der Waals surface area contributed by atoms with Crippen LogP contribution in [0, 0.1) is 6.92 Å². The summed E-state index contributed by atoms with van der Waals surface area (Å²) in [6.07, 6.45) is 1.37. The molecule has 3 aromatic carbocycles. The van der Waals surface area contributed by atoms with Crippen molar-refractivity contribution in [3.05, 3.63) is 82.9 Å². The molecule has 0 aliphatic carbocycles. The minimum atomic E-state index is -4.08. The molecule has 0 aromatic heterocycles. The molecule has 0 aliphatic rings. The van der Waals surface area contributed by atoms with Gasteiger partial charge in [-0.15, -0.1) is 0 Å². The normalized spacial score (nSPS) is 11.1. The second-order valence-corrected chi connectivity index (χ2v) is 10.2. The van der Waals surface area contributed by atoms with E-state index in [0.717, 1.165) is 15.4 Å². The number of hydrogen-bond donors (Lipinski definition) is 1. The maximum atomic E-state index is 13.6. The highest BCUT2D eigenvalue weighted by Gasteiger charge is 2.28. The summed E-state index contributed by atoms with van der Waals surface area (Å²) in [5.74, 6) is 0.278. The van der Waals surface area contributed by atoms with Crippen molar-refractivity contribution in [3.8, 4) is 11.5 Å². The van der Waals surface area contributed by atoms with E-state index in [2.05, 4.69) is 5.32 Å². The minimum absolute atomic E-state index is 0.0118. The predicted molar refractivity (Wildman–Crippen MR) is 138 cm³/mol. The molecule has 0 radical (unpaired) electrons. The molecule has 3 aromatic rings. The van der Waals surface area contributed by atoms with E-state index in [-0.39, 0.29) is 17.2 Å². The third-order valence-electron chi connectivity index (χ3n) is 5.46. The average molecular weight is 517 g/mol. The van der Waals surface area contributed by atoms with Gasteiger partial charge in [-0.05, 0) is 55.7 Å². The summed E-state index contributed by atoms with van der Waals surface area (Å²) >= 11 is 6.19. The maximum Gasteiger partial charge on any atom is 0.264 e. The van der Waals surface area contributed by atoms with Crippen molar-refractivity contribution < 1.29 is 22.7 Å². The van der Waals surface area contributed by atoms with E-state index >= 15 is 0 Å². The monoisotopic (exact) mass is 516 g/mol. The first-order chi connectivity index (χ1) is 16.8. The number of nitrogens with one attached hydrogen (secondary N) is 1. The highest BCUT2D eigenvalue weighted by Crippen LogP contribution is 2.32. The van der Waals surface area contributed by atoms with Crippen LogP contribution in [-0.4, -0.2) is 41.6 Å². The van der Waals surface area contributed by atoms with E-state index < -0.39 is 15.9 Å². The summed E-state index contributed by atoms with van der Waals surface area (Å²) in [7, 11) is -1.17. The zero-order chi connectivity index (χ0) is 25.4. The van der Waals surface area contributed by atoms with Crippen LogP contribution in [0.5, 0.6) is 11.5 Å². The Morgan fingerprint density at radius 2 is 1.66 bits per heavy atom. The SMILES string of the molecule is COc1ccc(S(=O)(=O)N(CC(=O)NCCCc2ccccc2Cl)c2ccc(C)cc2)cc1OC. The summed E-state index contributed by atoms with van der Waals surface area (Å²) < 4.78 is 38.8. The summed E-state index contributed by atoms with van der Waals surface area (Å²) in [5, 5.41) is 3.50. The number of rotatable bonds is 11. The number of anilines is 1. The molecule has 0 fully saturated rings. The van der Waals surface area contributed by atoms with Crippen molar-refractivity contribution in [3.63, 3.8) is 0 Å². The summed E-state index contributed by atoms with van der Waals surface area (Å²) in [6.45, 7) is 1.93. The Bertz CT molecular complexity index is 1260. The lowest BCUT2D eigenvalue weighted by molar-refractivity contribution is -0.119. The molecule has 0 saturated heterocycles. The van der Waals surface area contributed by atoms with Crippen LogP contribution in [-0.2, 0) is 21.2 Å². The molecule has 1 amide bonds. The minimum Gasteiger partial charge on any atom is -0.493 e. The first kappa shape index (κ1) is 26.4. The zero-order valence-electron chi connectivity index (χ0n) is 20.0. The Morgan fingerprint density at radius 3 is 2.31 bits per heavy atom. The van der Waals surface area contributed by atoms with Gasteiger partial charge < -0.3 is 14.8 Å². The van der Waals surface area contributed by atoms with Crippen LogP contribution < -0.4 is 19.1 Å². The van der Waals surface area contributed by atoms with Gasteiger partial charge in [0.25, 0.3) is 10.0 Å².